The smallest absolute Gasteiger partial charge is 0.222 e. The maximum atomic E-state index is 11.7. The molecule has 0 aliphatic rings. The van der Waals surface area contributed by atoms with Crippen LogP contribution in [-0.2, 0) is 16.1 Å². The summed E-state index contributed by atoms with van der Waals surface area (Å²) in [7, 11) is 0. The molecule has 0 atom stereocenters. The van der Waals surface area contributed by atoms with Crippen LogP contribution in [0, 0.1) is 5.92 Å². The Hall–Kier alpha value is -1.78. The number of nitrogens with zero attached hydrogens (tertiary/aromatic N) is 1. The standard InChI is InChI=1S/C15H24N2O3/c1-12(2)6-8-17(13(3)18)9-7-15(19)16-11-14-5-4-10-20-14/h4-5,10,12H,6-9,11H2,1-3H3,(H,16,19). The highest BCUT2D eigenvalue weighted by Gasteiger charge is 2.11. The molecular weight excluding hydrogens is 256 g/mol. The minimum atomic E-state index is -0.0720. The van der Waals surface area contributed by atoms with Crippen LogP contribution in [-0.4, -0.2) is 29.8 Å². The predicted molar refractivity (Wildman–Crippen MR) is 76.9 cm³/mol. The molecule has 5 heteroatoms. The van der Waals surface area contributed by atoms with Gasteiger partial charge in [-0.1, -0.05) is 13.8 Å². The number of amides is 2. The van der Waals surface area contributed by atoms with Crippen molar-refractivity contribution in [2.24, 2.45) is 5.92 Å². The monoisotopic (exact) mass is 280 g/mol. The lowest BCUT2D eigenvalue weighted by molar-refractivity contribution is -0.129. The number of carbonyl (C=O) groups excluding carboxylic acids is 2. The Morgan fingerprint density at radius 2 is 2.10 bits per heavy atom. The van der Waals surface area contributed by atoms with E-state index in [1.807, 2.05) is 6.07 Å². The van der Waals surface area contributed by atoms with Gasteiger partial charge in [-0.2, -0.15) is 0 Å². The Kier molecular flexibility index (Phi) is 6.84. The highest BCUT2D eigenvalue weighted by atomic mass is 16.3. The third kappa shape index (κ3) is 6.41. The van der Waals surface area contributed by atoms with E-state index in [0.29, 0.717) is 32.0 Å². The number of nitrogens with one attached hydrogen (secondary N) is 1. The molecule has 0 spiro atoms. The van der Waals surface area contributed by atoms with Gasteiger partial charge in [0.05, 0.1) is 12.8 Å². The van der Waals surface area contributed by atoms with Crippen LogP contribution in [0.15, 0.2) is 22.8 Å². The van der Waals surface area contributed by atoms with Gasteiger partial charge in [-0.15, -0.1) is 0 Å². The molecule has 1 rings (SSSR count). The Balaban J connectivity index is 2.27. The van der Waals surface area contributed by atoms with Gasteiger partial charge in [-0.25, -0.2) is 0 Å². The quantitative estimate of drug-likeness (QED) is 0.794. The lowest BCUT2D eigenvalue weighted by Crippen LogP contribution is -2.34. The fraction of sp³-hybridized carbons (Fsp3) is 0.600. The van der Waals surface area contributed by atoms with E-state index in [9.17, 15) is 9.59 Å². The van der Waals surface area contributed by atoms with Gasteiger partial charge in [0.25, 0.3) is 0 Å². The fourth-order valence-corrected chi connectivity index (χ4v) is 1.76. The zero-order valence-corrected chi connectivity index (χ0v) is 12.5. The summed E-state index contributed by atoms with van der Waals surface area (Å²) < 4.78 is 5.13. The molecule has 0 saturated heterocycles. The lowest BCUT2D eigenvalue weighted by Gasteiger charge is -2.21. The first-order chi connectivity index (χ1) is 9.49. The molecule has 20 heavy (non-hydrogen) atoms. The second-order valence-corrected chi connectivity index (χ2v) is 5.29. The summed E-state index contributed by atoms with van der Waals surface area (Å²) in [5.74, 6) is 1.22. The van der Waals surface area contributed by atoms with Gasteiger partial charge in [0.2, 0.25) is 11.8 Å². The Morgan fingerprint density at radius 3 is 2.65 bits per heavy atom. The molecule has 1 heterocycles. The molecular formula is C15H24N2O3. The maximum absolute atomic E-state index is 11.7. The molecule has 0 unspecified atom stereocenters. The second-order valence-electron chi connectivity index (χ2n) is 5.29. The van der Waals surface area contributed by atoms with E-state index < -0.39 is 0 Å². The van der Waals surface area contributed by atoms with Gasteiger partial charge in [-0.05, 0) is 24.5 Å². The van der Waals surface area contributed by atoms with Crippen molar-refractivity contribution < 1.29 is 14.0 Å². The molecule has 1 aromatic rings. The van der Waals surface area contributed by atoms with Crippen LogP contribution in [0.2, 0.25) is 0 Å². The van der Waals surface area contributed by atoms with E-state index in [1.165, 1.54) is 0 Å². The lowest BCUT2D eigenvalue weighted by atomic mass is 10.1. The molecule has 1 aromatic heterocycles. The average molecular weight is 280 g/mol. The van der Waals surface area contributed by atoms with Crippen molar-refractivity contribution in [2.75, 3.05) is 13.1 Å². The molecule has 0 aliphatic heterocycles. The third-order valence-corrected chi connectivity index (χ3v) is 3.07. The van der Waals surface area contributed by atoms with Crippen molar-refractivity contribution in [3.05, 3.63) is 24.2 Å². The van der Waals surface area contributed by atoms with Crippen molar-refractivity contribution in [3.63, 3.8) is 0 Å². The molecule has 0 aliphatic carbocycles. The predicted octanol–water partition coefficient (Wildman–Crippen LogP) is 2.18. The Bertz CT molecular complexity index is 413. The summed E-state index contributed by atoms with van der Waals surface area (Å²) in [4.78, 5) is 24.9. The summed E-state index contributed by atoms with van der Waals surface area (Å²) in [5.41, 5.74) is 0. The third-order valence-electron chi connectivity index (χ3n) is 3.07. The SMILES string of the molecule is CC(=O)N(CCC(=O)NCc1ccco1)CCC(C)C. The molecule has 0 bridgehead atoms. The number of hydrogen-bond donors (Lipinski definition) is 1. The van der Waals surface area contributed by atoms with E-state index >= 15 is 0 Å². The summed E-state index contributed by atoms with van der Waals surface area (Å²) >= 11 is 0. The van der Waals surface area contributed by atoms with Gasteiger partial charge >= 0.3 is 0 Å². The van der Waals surface area contributed by atoms with Crippen LogP contribution in [0.5, 0.6) is 0 Å². The van der Waals surface area contributed by atoms with Crippen LogP contribution in [0.1, 0.15) is 39.4 Å². The van der Waals surface area contributed by atoms with E-state index in [-0.39, 0.29) is 11.8 Å². The van der Waals surface area contributed by atoms with Gasteiger partial charge < -0.3 is 14.6 Å². The first kappa shape index (κ1) is 16.3. The van der Waals surface area contributed by atoms with Crippen LogP contribution < -0.4 is 5.32 Å². The first-order valence-electron chi connectivity index (χ1n) is 7.03. The highest BCUT2D eigenvalue weighted by molar-refractivity contribution is 5.77. The van der Waals surface area contributed by atoms with Gasteiger partial charge in [-0.3, -0.25) is 9.59 Å². The highest BCUT2D eigenvalue weighted by Crippen LogP contribution is 2.04. The summed E-state index contributed by atoms with van der Waals surface area (Å²) in [6, 6.07) is 3.59. The molecule has 0 radical (unpaired) electrons. The van der Waals surface area contributed by atoms with Gasteiger partial charge in [0, 0.05) is 26.4 Å². The van der Waals surface area contributed by atoms with Gasteiger partial charge in [0.1, 0.15) is 5.76 Å². The maximum Gasteiger partial charge on any atom is 0.222 e. The molecule has 5 nitrogen and oxygen atoms in total. The zero-order chi connectivity index (χ0) is 15.0. The van der Waals surface area contributed by atoms with E-state index in [2.05, 4.69) is 19.2 Å². The van der Waals surface area contributed by atoms with Gasteiger partial charge in [0.15, 0.2) is 0 Å². The van der Waals surface area contributed by atoms with Crippen molar-refractivity contribution in [2.45, 2.75) is 40.2 Å². The molecule has 1 N–H and O–H groups in total. The largest absolute Gasteiger partial charge is 0.467 e. The van der Waals surface area contributed by atoms with Crippen molar-refractivity contribution >= 4 is 11.8 Å². The second kappa shape index (κ2) is 8.40. The number of hydrogen-bond acceptors (Lipinski definition) is 3. The van der Waals surface area contributed by atoms with Crippen LogP contribution in [0.3, 0.4) is 0 Å². The Labute approximate surface area is 120 Å². The molecule has 0 aromatic carbocycles. The van der Waals surface area contributed by atoms with Crippen LogP contribution in [0.25, 0.3) is 0 Å². The van der Waals surface area contributed by atoms with E-state index in [4.69, 9.17) is 4.42 Å². The summed E-state index contributed by atoms with van der Waals surface area (Å²) in [6.07, 6.45) is 2.84. The minimum Gasteiger partial charge on any atom is -0.467 e. The normalized spacial score (nSPS) is 10.6. The topological polar surface area (TPSA) is 62.6 Å². The first-order valence-corrected chi connectivity index (χ1v) is 7.03. The molecule has 2 amide bonds. The van der Waals surface area contributed by atoms with Crippen molar-refractivity contribution in [1.29, 1.82) is 0 Å². The van der Waals surface area contributed by atoms with E-state index in [0.717, 1.165) is 12.2 Å². The minimum absolute atomic E-state index is 0.0180. The van der Waals surface area contributed by atoms with Crippen molar-refractivity contribution in [3.8, 4) is 0 Å². The van der Waals surface area contributed by atoms with E-state index in [1.54, 1.807) is 24.2 Å². The Morgan fingerprint density at radius 1 is 1.35 bits per heavy atom. The summed E-state index contributed by atoms with van der Waals surface area (Å²) in [5, 5.41) is 2.77. The van der Waals surface area contributed by atoms with Crippen molar-refractivity contribution in [1.82, 2.24) is 10.2 Å². The van der Waals surface area contributed by atoms with Crippen LogP contribution >= 0.6 is 0 Å². The zero-order valence-electron chi connectivity index (χ0n) is 12.5. The number of rotatable bonds is 8. The number of furan rings is 1. The fourth-order valence-electron chi connectivity index (χ4n) is 1.76. The average Bonchev–Trinajstić information content (AvgIpc) is 2.88. The molecule has 112 valence electrons. The molecule has 0 fully saturated rings. The molecule has 0 saturated carbocycles. The van der Waals surface area contributed by atoms with Crippen LogP contribution in [0.4, 0.5) is 0 Å². The number of carbonyl (C=O) groups is 2. The summed E-state index contributed by atoms with van der Waals surface area (Å²) in [6.45, 7) is 7.34.